The van der Waals surface area contributed by atoms with E-state index in [4.69, 9.17) is 4.74 Å². The highest BCUT2D eigenvalue weighted by molar-refractivity contribution is 5.68. The summed E-state index contributed by atoms with van der Waals surface area (Å²) in [5.41, 5.74) is 0. The lowest BCUT2D eigenvalue weighted by Gasteiger charge is -2.43. The number of amides is 1. The molecule has 0 radical (unpaired) electrons. The van der Waals surface area contributed by atoms with Crippen molar-refractivity contribution in [2.45, 2.75) is 65.0 Å². The minimum Gasteiger partial charge on any atom is -0.449 e. The van der Waals surface area contributed by atoms with Gasteiger partial charge in [0, 0.05) is 25.2 Å². The van der Waals surface area contributed by atoms with Gasteiger partial charge in [0.15, 0.2) is 0 Å². The van der Waals surface area contributed by atoms with Gasteiger partial charge in [0.2, 0.25) is 0 Å². The summed E-state index contributed by atoms with van der Waals surface area (Å²) in [6.07, 6.45) is 5.89. The molecular weight excluding hydrogens is 290 g/mol. The number of rotatable bonds is 9. The van der Waals surface area contributed by atoms with Crippen LogP contribution in [-0.2, 0) is 4.74 Å². The smallest absolute Gasteiger partial charge is 0.410 e. The van der Waals surface area contributed by atoms with E-state index in [2.05, 4.69) is 37.7 Å². The van der Waals surface area contributed by atoms with E-state index in [-0.39, 0.29) is 12.1 Å². The topological polar surface area (TPSA) is 36.0 Å². The third-order valence-corrected chi connectivity index (χ3v) is 4.58. The fraction of sp³-hybridized carbons (Fsp3) is 0.944. The number of nitrogens with zero attached hydrogens (tertiary/aromatic N) is 3. The van der Waals surface area contributed by atoms with E-state index in [1.807, 2.05) is 11.8 Å². The first-order valence-electron chi connectivity index (χ1n) is 9.27. The number of hydrogen-bond acceptors (Lipinski definition) is 4. The summed E-state index contributed by atoms with van der Waals surface area (Å²) in [5.74, 6) is 0. The highest BCUT2D eigenvalue weighted by atomic mass is 16.6. The van der Waals surface area contributed by atoms with E-state index in [1.165, 1.54) is 32.2 Å². The summed E-state index contributed by atoms with van der Waals surface area (Å²) < 4.78 is 5.29. The van der Waals surface area contributed by atoms with Crippen molar-refractivity contribution in [3.05, 3.63) is 0 Å². The Labute approximate surface area is 142 Å². The molecule has 1 fully saturated rings. The van der Waals surface area contributed by atoms with Gasteiger partial charge in [-0.1, -0.05) is 19.8 Å². The van der Waals surface area contributed by atoms with Gasteiger partial charge < -0.3 is 14.5 Å². The van der Waals surface area contributed by atoms with E-state index in [0.717, 1.165) is 26.1 Å². The minimum absolute atomic E-state index is 0.144. The molecule has 0 saturated carbocycles. The standard InChI is InChI=1S/C18H37N3O2/c1-6-13-23-18(22)21-15-16(2)20(14-17(21)3)12-10-8-7-9-11-19(4)5/h16-17H,6-15H2,1-5H3. The zero-order valence-corrected chi connectivity index (χ0v) is 15.9. The number of piperazine rings is 1. The quantitative estimate of drug-likeness (QED) is 0.610. The van der Waals surface area contributed by atoms with E-state index >= 15 is 0 Å². The largest absolute Gasteiger partial charge is 0.449 e. The van der Waals surface area contributed by atoms with Gasteiger partial charge in [0.05, 0.1) is 6.61 Å². The van der Waals surface area contributed by atoms with Crippen LogP contribution < -0.4 is 0 Å². The molecule has 136 valence electrons. The zero-order chi connectivity index (χ0) is 17.2. The van der Waals surface area contributed by atoms with Crippen LogP contribution in [0.1, 0.15) is 52.9 Å². The fourth-order valence-electron chi connectivity index (χ4n) is 3.13. The number of carbonyl (C=O) groups excluding carboxylic acids is 1. The Morgan fingerprint density at radius 1 is 1.09 bits per heavy atom. The van der Waals surface area contributed by atoms with Crippen molar-refractivity contribution in [3.63, 3.8) is 0 Å². The Hall–Kier alpha value is -0.810. The van der Waals surface area contributed by atoms with Crippen LogP contribution in [0.3, 0.4) is 0 Å². The van der Waals surface area contributed by atoms with Gasteiger partial charge in [-0.25, -0.2) is 4.79 Å². The van der Waals surface area contributed by atoms with Gasteiger partial charge >= 0.3 is 6.09 Å². The maximum atomic E-state index is 12.1. The van der Waals surface area contributed by atoms with Gasteiger partial charge in [-0.3, -0.25) is 4.90 Å². The predicted octanol–water partition coefficient (Wildman–Crippen LogP) is 3.05. The highest BCUT2D eigenvalue weighted by Gasteiger charge is 2.32. The van der Waals surface area contributed by atoms with Gasteiger partial charge in [-0.2, -0.15) is 0 Å². The third kappa shape index (κ3) is 7.53. The van der Waals surface area contributed by atoms with Crippen molar-refractivity contribution in [1.29, 1.82) is 0 Å². The molecule has 0 N–H and O–H groups in total. The van der Waals surface area contributed by atoms with Crippen molar-refractivity contribution in [2.24, 2.45) is 0 Å². The summed E-state index contributed by atoms with van der Waals surface area (Å²) in [6, 6.07) is 0.659. The molecule has 23 heavy (non-hydrogen) atoms. The van der Waals surface area contributed by atoms with E-state index in [1.54, 1.807) is 0 Å². The number of carbonyl (C=O) groups is 1. The van der Waals surface area contributed by atoms with E-state index < -0.39 is 0 Å². The van der Waals surface area contributed by atoms with Gasteiger partial charge in [0.25, 0.3) is 0 Å². The number of unbranched alkanes of at least 4 members (excludes halogenated alkanes) is 3. The summed E-state index contributed by atoms with van der Waals surface area (Å²) in [7, 11) is 4.27. The molecule has 2 atom stereocenters. The van der Waals surface area contributed by atoms with Gasteiger partial charge in [-0.15, -0.1) is 0 Å². The average molecular weight is 328 g/mol. The molecule has 1 heterocycles. The van der Waals surface area contributed by atoms with Crippen LogP contribution in [0.5, 0.6) is 0 Å². The monoisotopic (exact) mass is 327 g/mol. The first-order chi connectivity index (χ1) is 11.0. The Morgan fingerprint density at radius 2 is 1.78 bits per heavy atom. The Kier molecular flexibility index (Phi) is 9.56. The summed E-state index contributed by atoms with van der Waals surface area (Å²) in [5, 5.41) is 0. The van der Waals surface area contributed by atoms with Crippen molar-refractivity contribution in [2.75, 3.05) is 46.9 Å². The second-order valence-electron chi connectivity index (χ2n) is 7.18. The SMILES string of the molecule is CCCOC(=O)N1CC(C)N(CCCCCCN(C)C)CC1C. The minimum atomic E-state index is -0.144. The third-order valence-electron chi connectivity index (χ3n) is 4.58. The summed E-state index contributed by atoms with van der Waals surface area (Å²) in [4.78, 5) is 18.8. The first kappa shape index (κ1) is 20.2. The molecule has 1 saturated heterocycles. The molecule has 0 aromatic heterocycles. The van der Waals surface area contributed by atoms with Crippen molar-refractivity contribution in [3.8, 4) is 0 Å². The van der Waals surface area contributed by atoms with Crippen molar-refractivity contribution < 1.29 is 9.53 Å². The molecule has 1 aliphatic rings. The van der Waals surface area contributed by atoms with Crippen LogP contribution in [-0.4, -0.2) is 79.8 Å². The van der Waals surface area contributed by atoms with Crippen LogP contribution in [0.15, 0.2) is 0 Å². The Bertz CT molecular complexity index is 336. The molecular formula is C18H37N3O2. The first-order valence-corrected chi connectivity index (χ1v) is 9.27. The predicted molar refractivity (Wildman–Crippen MR) is 95.9 cm³/mol. The Morgan fingerprint density at radius 3 is 2.43 bits per heavy atom. The lowest BCUT2D eigenvalue weighted by atomic mass is 10.1. The van der Waals surface area contributed by atoms with Crippen LogP contribution in [0.2, 0.25) is 0 Å². The summed E-state index contributed by atoms with van der Waals surface area (Å²) >= 11 is 0. The molecule has 1 aliphatic heterocycles. The van der Waals surface area contributed by atoms with E-state index in [9.17, 15) is 4.79 Å². The molecule has 0 bridgehead atoms. The van der Waals surface area contributed by atoms with Crippen LogP contribution >= 0.6 is 0 Å². The van der Waals surface area contributed by atoms with Gasteiger partial charge in [-0.05, 0) is 60.3 Å². The van der Waals surface area contributed by atoms with Gasteiger partial charge in [0.1, 0.15) is 0 Å². The average Bonchev–Trinajstić information content (AvgIpc) is 2.50. The molecule has 5 heteroatoms. The van der Waals surface area contributed by atoms with Crippen LogP contribution in [0, 0.1) is 0 Å². The molecule has 5 nitrogen and oxygen atoms in total. The summed E-state index contributed by atoms with van der Waals surface area (Å²) in [6.45, 7) is 11.0. The number of ether oxygens (including phenoxy) is 1. The zero-order valence-electron chi connectivity index (χ0n) is 15.9. The Balaban J connectivity index is 2.26. The normalized spacial score (nSPS) is 22.6. The second kappa shape index (κ2) is 10.9. The molecule has 0 aromatic rings. The maximum absolute atomic E-state index is 12.1. The maximum Gasteiger partial charge on any atom is 0.410 e. The highest BCUT2D eigenvalue weighted by Crippen LogP contribution is 2.17. The second-order valence-corrected chi connectivity index (χ2v) is 7.18. The molecule has 0 aromatic carbocycles. The number of hydrogen-bond donors (Lipinski definition) is 0. The molecule has 1 rings (SSSR count). The molecule has 0 aliphatic carbocycles. The fourth-order valence-corrected chi connectivity index (χ4v) is 3.13. The van der Waals surface area contributed by atoms with Crippen LogP contribution in [0.4, 0.5) is 4.79 Å². The van der Waals surface area contributed by atoms with Crippen molar-refractivity contribution in [1.82, 2.24) is 14.7 Å². The van der Waals surface area contributed by atoms with E-state index in [0.29, 0.717) is 12.6 Å². The molecule has 0 spiro atoms. The molecule has 2 unspecified atom stereocenters. The lowest BCUT2D eigenvalue weighted by Crippen LogP contribution is -2.58. The van der Waals surface area contributed by atoms with Crippen molar-refractivity contribution >= 4 is 6.09 Å². The van der Waals surface area contributed by atoms with Crippen LogP contribution in [0.25, 0.3) is 0 Å². The lowest BCUT2D eigenvalue weighted by molar-refractivity contribution is 0.0276. The molecule has 1 amide bonds.